The molecule has 32 heavy (non-hydrogen) atoms. The number of nitrogens with zero attached hydrogens (tertiary/aromatic N) is 3. The largest absolute Gasteiger partial charge is 0.461 e. The summed E-state index contributed by atoms with van der Waals surface area (Å²) in [6.07, 6.45) is -3.10. The van der Waals surface area contributed by atoms with E-state index in [1.54, 1.807) is 27.7 Å². The zero-order valence-electron chi connectivity index (χ0n) is 19.0. The van der Waals surface area contributed by atoms with Gasteiger partial charge < -0.3 is 33.2 Å². The number of hydrogen-bond acceptors (Lipinski definition) is 11. The van der Waals surface area contributed by atoms with Gasteiger partial charge in [0.15, 0.2) is 23.5 Å². The van der Waals surface area contributed by atoms with Gasteiger partial charge >= 0.3 is 11.9 Å². The third-order valence-corrected chi connectivity index (χ3v) is 5.33. The number of esters is 2. The first-order valence-electron chi connectivity index (χ1n) is 10.7. The lowest BCUT2D eigenvalue weighted by Gasteiger charge is -2.27. The van der Waals surface area contributed by atoms with Crippen LogP contribution in [0.15, 0.2) is 0 Å². The van der Waals surface area contributed by atoms with Gasteiger partial charge in [0.1, 0.15) is 24.4 Å². The highest BCUT2D eigenvalue weighted by Crippen LogP contribution is 2.46. The number of fused-ring (bicyclic) bond motifs is 1. The summed E-state index contributed by atoms with van der Waals surface area (Å²) in [7, 11) is 0. The second kappa shape index (κ2) is 8.34. The molecule has 0 saturated carbocycles. The van der Waals surface area contributed by atoms with Crippen molar-refractivity contribution in [2.24, 2.45) is 0 Å². The van der Waals surface area contributed by atoms with Crippen molar-refractivity contribution in [2.75, 3.05) is 19.8 Å². The molecule has 0 aliphatic carbocycles. The first-order chi connectivity index (χ1) is 15.1. The van der Waals surface area contributed by atoms with Crippen LogP contribution in [0.25, 0.3) is 0 Å². The molecule has 1 aromatic heterocycles. The van der Waals surface area contributed by atoms with Crippen LogP contribution in [-0.2, 0) is 33.2 Å². The summed E-state index contributed by atoms with van der Waals surface area (Å²) in [4.78, 5) is 25.2. The van der Waals surface area contributed by atoms with Crippen molar-refractivity contribution in [1.82, 2.24) is 15.0 Å². The van der Waals surface area contributed by atoms with Gasteiger partial charge in [-0.15, -0.1) is 5.10 Å². The lowest BCUT2D eigenvalue weighted by molar-refractivity contribution is -0.217. The van der Waals surface area contributed by atoms with E-state index in [1.165, 1.54) is 4.68 Å². The van der Waals surface area contributed by atoms with E-state index in [2.05, 4.69) is 10.3 Å². The molecular weight excluding hydrogens is 426 g/mol. The van der Waals surface area contributed by atoms with Crippen molar-refractivity contribution in [3.05, 3.63) is 11.4 Å². The van der Waals surface area contributed by atoms with Crippen LogP contribution in [0, 0.1) is 0 Å². The smallest absolute Gasteiger partial charge is 0.361 e. The molecule has 3 aliphatic heterocycles. The number of ether oxygens (including phenoxy) is 7. The molecule has 0 aromatic carbocycles. The highest BCUT2D eigenvalue weighted by Gasteiger charge is 2.60. The molecule has 3 fully saturated rings. The number of carbonyl (C=O) groups excluding carboxylic acids is 2. The maximum atomic E-state index is 12.8. The van der Waals surface area contributed by atoms with Gasteiger partial charge in [-0.3, -0.25) is 0 Å². The second-order valence-electron chi connectivity index (χ2n) is 8.60. The maximum Gasteiger partial charge on any atom is 0.361 e. The minimum absolute atomic E-state index is 0.0987. The van der Waals surface area contributed by atoms with Crippen LogP contribution in [0.1, 0.15) is 68.7 Å². The first kappa shape index (κ1) is 23.1. The maximum absolute atomic E-state index is 12.8. The highest BCUT2D eigenvalue weighted by molar-refractivity contribution is 6.00. The summed E-state index contributed by atoms with van der Waals surface area (Å²) in [5.74, 6) is -3.23. The minimum Gasteiger partial charge on any atom is -0.461 e. The molecule has 4 rings (SSSR count). The number of hydrogen-bond donors (Lipinski definition) is 0. The Kier molecular flexibility index (Phi) is 6.01. The van der Waals surface area contributed by atoms with Crippen molar-refractivity contribution in [1.29, 1.82) is 0 Å². The van der Waals surface area contributed by atoms with E-state index < -0.39 is 54.2 Å². The molecule has 5 atom stereocenters. The number of aromatic nitrogens is 3. The molecule has 12 nitrogen and oxygen atoms in total. The van der Waals surface area contributed by atoms with Gasteiger partial charge in [0.25, 0.3) is 0 Å². The van der Waals surface area contributed by atoms with Gasteiger partial charge in [-0.05, 0) is 41.5 Å². The van der Waals surface area contributed by atoms with Crippen LogP contribution >= 0.6 is 0 Å². The fourth-order valence-corrected chi connectivity index (χ4v) is 4.18. The predicted octanol–water partition coefficient (Wildman–Crippen LogP) is 1.20. The molecule has 3 aliphatic rings. The molecule has 0 radical (unpaired) electrons. The zero-order valence-corrected chi connectivity index (χ0v) is 19.0. The van der Waals surface area contributed by atoms with E-state index in [1.807, 2.05) is 13.8 Å². The summed E-state index contributed by atoms with van der Waals surface area (Å²) < 4.78 is 41.5. The highest BCUT2D eigenvalue weighted by atomic mass is 16.8. The normalized spacial score (nSPS) is 32.6. The fourth-order valence-electron chi connectivity index (χ4n) is 4.18. The van der Waals surface area contributed by atoms with E-state index in [-0.39, 0.29) is 24.6 Å². The quantitative estimate of drug-likeness (QED) is 0.574. The molecule has 12 heteroatoms. The van der Waals surface area contributed by atoms with Gasteiger partial charge in [0, 0.05) is 0 Å². The van der Waals surface area contributed by atoms with Crippen LogP contribution in [0.4, 0.5) is 0 Å². The molecule has 0 amide bonds. The van der Waals surface area contributed by atoms with E-state index in [0.29, 0.717) is 6.61 Å². The average Bonchev–Trinajstić information content (AvgIpc) is 3.43. The van der Waals surface area contributed by atoms with Crippen molar-refractivity contribution >= 4 is 11.9 Å². The molecule has 4 heterocycles. The Morgan fingerprint density at radius 3 is 2.25 bits per heavy atom. The van der Waals surface area contributed by atoms with Crippen LogP contribution in [0.3, 0.4) is 0 Å². The fraction of sp³-hybridized carbons (Fsp3) is 0.800. The van der Waals surface area contributed by atoms with Gasteiger partial charge in [-0.1, -0.05) is 5.21 Å². The van der Waals surface area contributed by atoms with Gasteiger partial charge in [-0.25, -0.2) is 14.3 Å². The van der Waals surface area contributed by atoms with E-state index in [9.17, 15) is 9.59 Å². The van der Waals surface area contributed by atoms with Gasteiger partial charge in [0.2, 0.25) is 5.69 Å². The summed E-state index contributed by atoms with van der Waals surface area (Å²) in [6.45, 7) is 11.0. The zero-order chi connectivity index (χ0) is 23.3. The predicted molar refractivity (Wildman–Crippen MR) is 105 cm³/mol. The Hall–Kier alpha value is -2.12. The Labute approximate surface area is 185 Å². The van der Waals surface area contributed by atoms with E-state index in [4.69, 9.17) is 33.2 Å². The Morgan fingerprint density at radius 2 is 1.62 bits per heavy atom. The number of rotatable bonds is 6. The Balaban J connectivity index is 1.70. The lowest BCUT2D eigenvalue weighted by Crippen LogP contribution is -2.40. The molecule has 0 bridgehead atoms. The molecule has 1 aromatic rings. The summed E-state index contributed by atoms with van der Waals surface area (Å²) >= 11 is 0. The molecule has 0 spiro atoms. The summed E-state index contributed by atoms with van der Waals surface area (Å²) in [6, 6.07) is 0. The first-order valence-corrected chi connectivity index (χ1v) is 10.7. The third kappa shape index (κ3) is 4.13. The molecule has 1 unspecified atom stereocenters. The van der Waals surface area contributed by atoms with Crippen molar-refractivity contribution < 1.29 is 42.7 Å². The molecule has 3 saturated heterocycles. The van der Waals surface area contributed by atoms with Gasteiger partial charge in [-0.2, -0.15) is 0 Å². The van der Waals surface area contributed by atoms with Gasteiger partial charge in [0.05, 0.1) is 19.8 Å². The second-order valence-corrected chi connectivity index (χ2v) is 8.60. The Bertz CT molecular complexity index is 884. The molecule has 178 valence electrons. The SMILES string of the molecule is CCOC(=O)c1nnn([C@H]2O[C@H](C3COC(C)(C)O3)[C@H]3OC(C)(C)O[C@H]32)c1C(=O)OCC. The lowest BCUT2D eigenvalue weighted by atomic mass is 10.1. The Morgan fingerprint density at radius 1 is 0.969 bits per heavy atom. The van der Waals surface area contributed by atoms with Crippen LogP contribution in [0.2, 0.25) is 0 Å². The van der Waals surface area contributed by atoms with Crippen molar-refractivity contribution in [3.63, 3.8) is 0 Å². The molecule has 0 N–H and O–H groups in total. The summed E-state index contributed by atoms with van der Waals surface area (Å²) in [5, 5.41) is 7.92. The molecular formula is C20H29N3O9. The van der Waals surface area contributed by atoms with E-state index in [0.717, 1.165) is 0 Å². The van der Waals surface area contributed by atoms with E-state index >= 15 is 0 Å². The van der Waals surface area contributed by atoms with Crippen LogP contribution in [0.5, 0.6) is 0 Å². The summed E-state index contributed by atoms with van der Waals surface area (Å²) in [5.41, 5.74) is -0.430. The van der Waals surface area contributed by atoms with Crippen LogP contribution < -0.4 is 0 Å². The topological polar surface area (TPSA) is 129 Å². The minimum atomic E-state index is -0.922. The standard InChI is InChI=1S/C20H29N3O9/c1-7-26-17(24)11-12(18(25)27-8-2)23(22-21-11)16-15-14(31-20(5,6)32-15)13(29-16)10-9-28-19(3,4)30-10/h10,13-16H,7-9H2,1-6H3/t10?,13-,14-,15-,16+/m1/s1. The third-order valence-electron chi connectivity index (χ3n) is 5.33. The monoisotopic (exact) mass is 455 g/mol. The van der Waals surface area contributed by atoms with Crippen molar-refractivity contribution in [2.45, 2.75) is 83.8 Å². The number of carbonyl (C=O) groups is 2. The van der Waals surface area contributed by atoms with Crippen LogP contribution in [-0.4, -0.2) is 82.7 Å². The average molecular weight is 455 g/mol. The van der Waals surface area contributed by atoms with Crippen molar-refractivity contribution in [3.8, 4) is 0 Å².